The Kier molecular flexibility index (Phi) is 5.24. The molecule has 5 rings (SSSR count). The van der Waals surface area contributed by atoms with Gasteiger partial charge in [0.15, 0.2) is 17.3 Å². The van der Waals surface area contributed by atoms with Crippen LogP contribution >= 0.6 is 0 Å². The number of carbonyl (C=O) groups is 1. The van der Waals surface area contributed by atoms with Gasteiger partial charge in [0, 0.05) is 24.7 Å². The molecule has 0 saturated heterocycles. The first-order valence-corrected chi connectivity index (χ1v) is 11.4. The first-order valence-electron chi connectivity index (χ1n) is 11.4. The molecule has 0 amide bonds. The number of methoxy groups -OCH3 is 1. The number of Topliss-reactive ketones (excluding diaryl/α,β-unsaturated/α-hetero) is 1. The van der Waals surface area contributed by atoms with Crippen molar-refractivity contribution < 1.29 is 14.3 Å². The molecule has 0 unspecified atom stereocenters. The average molecular weight is 440 g/mol. The van der Waals surface area contributed by atoms with Crippen molar-refractivity contribution in [3.63, 3.8) is 0 Å². The van der Waals surface area contributed by atoms with Gasteiger partial charge in [-0.2, -0.15) is 0 Å². The monoisotopic (exact) mass is 439 g/mol. The summed E-state index contributed by atoms with van der Waals surface area (Å²) in [7, 11) is 1.64. The average Bonchev–Trinajstić information content (AvgIpc) is 2.80. The molecule has 168 valence electrons. The zero-order valence-electron chi connectivity index (χ0n) is 19.5. The van der Waals surface area contributed by atoms with Crippen molar-refractivity contribution in [2.75, 3.05) is 18.6 Å². The zero-order valence-corrected chi connectivity index (χ0v) is 19.5. The molecule has 1 aliphatic carbocycles. The van der Waals surface area contributed by atoms with Gasteiger partial charge in [-0.1, -0.05) is 62.9 Å². The molecule has 3 aromatic rings. The number of anilines is 1. The van der Waals surface area contributed by atoms with E-state index in [9.17, 15) is 4.79 Å². The number of ketones is 1. The molecule has 0 saturated carbocycles. The summed E-state index contributed by atoms with van der Waals surface area (Å²) in [5.41, 5.74) is 5.30. The van der Waals surface area contributed by atoms with E-state index in [2.05, 4.69) is 61.7 Å². The van der Waals surface area contributed by atoms with Crippen LogP contribution in [0, 0.1) is 5.41 Å². The maximum Gasteiger partial charge on any atom is 0.180 e. The number of hydrogen-bond donors (Lipinski definition) is 0. The second-order valence-electron chi connectivity index (χ2n) is 9.61. The van der Waals surface area contributed by atoms with Gasteiger partial charge < -0.3 is 14.4 Å². The van der Waals surface area contributed by atoms with Crippen LogP contribution in [0.3, 0.4) is 0 Å². The van der Waals surface area contributed by atoms with Crippen molar-refractivity contribution in [2.24, 2.45) is 5.41 Å². The minimum atomic E-state index is -0.0762. The van der Waals surface area contributed by atoms with E-state index < -0.39 is 0 Å². The Bertz CT molecular complexity index is 1300. The second kappa shape index (κ2) is 8.11. The normalized spacial score (nSPS) is 16.9. The summed E-state index contributed by atoms with van der Waals surface area (Å²) in [6.45, 7) is 9.13. The molecule has 4 heteroatoms. The van der Waals surface area contributed by atoms with E-state index in [0.717, 1.165) is 23.4 Å². The predicted octanol–water partition coefficient (Wildman–Crippen LogP) is 6.53. The highest BCUT2D eigenvalue weighted by atomic mass is 16.5. The van der Waals surface area contributed by atoms with Crippen molar-refractivity contribution in [3.05, 3.63) is 84.1 Å². The van der Waals surface area contributed by atoms with E-state index in [4.69, 9.17) is 9.47 Å². The van der Waals surface area contributed by atoms with Crippen LogP contribution in [0.25, 0.3) is 16.3 Å². The molecule has 0 radical (unpaired) electrons. The molecule has 33 heavy (non-hydrogen) atoms. The third kappa shape index (κ3) is 3.70. The summed E-state index contributed by atoms with van der Waals surface area (Å²) in [5, 5.41) is 2.43. The minimum absolute atomic E-state index is 0.0762. The van der Waals surface area contributed by atoms with Crippen LogP contribution in [0.5, 0.6) is 11.5 Å². The Balaban J connectivity index is 1.70. The topological polar surface area (TPSA) is 38.8 Å². The van der Waals surface area contributed by atoms with Gasteiger partial charge in [0.1, 0.15) is 6.61 Å². The first kappa shape index (κ1) is 21.3. The summed E-state index contributed by atoms with van der Waals surface area (Å²) in [6, 6.07) is 18.7. The SMILES string of the molecule is C=CCOc1ccc(N2Cc3ccc4ccccc4c3C3=C2C(=O)CC(C)(C)C3)cc1OC. The van der Waals surface area contributed by atoms with Gasteiger partial charge in [0.25, 0.3) is 0 Å². The maximum absolute atomic E-state index is 13.6. The standard InChI is InChI=1S/C29H29NO3/c1-5-14-33-25-13-12-21(15-26(25)32-4)30-18-20-11-10-19-8-6-7-9-22(19)27(20)23-16-29(2,3)17-24(31)28(23)30/h5-13,15H,1,14,16-18H2,2-4H3. The van der Waals surface area contributed by atoms with E-state index in [1.165, 1.54) is 21.9 Å². The van der Waals surface area contributed by atoms with Crippen molar-refractivity contribution in [1.82, 2.24) is 0 Å². The van der Waals surface area contributed by atoms with E-state index in [-0.39, 0.29) is 11.2 Å². The van der Waals surface area contributed by atoms with Crippen LogP contribution in [0.4, 0.5) is 5.69 Å². The number of ether oxygens (including phenoxy) is 2. The number of hydrogen-bond acceptors (Lipinski definition) is 4. The van der Waals surface area contributed by atoms with Crippen LogP contribution in [-0.4, -0.2) is 19.5 Å². The number of carbonyl (C=O) groups excluding carboxylic acids is 1. The van der Waals surface area contributed by atoms with Gasteiger partial charge in [-0.3, -0.25) is 4.79 Å². The molecule has 3 aromatic carbocycles. The molecule has 1 heterocycles. The molecule has 1 aliphatic heterocycles. The summed E-state index contributed by atoms with van der Waals surface area (Å²) >= 11 is 0. The number of benzene rings is 3. The number of fused-ring (bicyclic) bond motifs is 4. The highest BCUT2D eigenvalue weighted by Crippen LogP contribution is 2.49. The lowest BCUT2D eigenvalue weighted by atomic mass is 9.71. The molecule has 0 N–H and O–H groups in total. The number of allylic oxidation sites excluding steroid dienone is 2. The van der Waals surface area contributed by atoms with Crippen LogP contribution < -0.4 is 14.4 Å². The van der Waals surface area contributed by atoms with Crippen LogP contribution in [0.1, 0.15) is 37.8 Å². The lowest BCUT2D eigenvalue weighted by molar-refractivity contribution is -0.117. The van der Waals surface area contributed by atoms with E-state index in [1.54, 1.807) is 13.2 Å². The summed E-state index contributed by atoms with van der Waals surface area (Å²) in [4.78, 5) is 15.7. The minimum Gasteiger partial charge on any atom is -0.493 e. The van der Waals surface area contributed by atoms with Gasteiger partial charge >= 0.3 is 0 Å². The first-order chi connectivity index (χ1) is 15.9. The quantitative estimate of drug-likeness (QED) is 0.424. The highest BCUT2D eigenvalue weighted by molar-refractivity contribution is 6.11. The van der Waals surface area contributed by atoms with Gasteiger partial charge in [-0.25, -0.2) is 0 Å². The molecule has 4 nitrogen and oxygen atoms in total. The Morgan fingerprint density at radius 1 is 1.06 bits per heavy atom. The van der Waals surface area contributed by atoms with Crippen LogP contribution in [-0.2, 0) is 11.3 Å². The smallest absolute Gasteiger partial charge is 0.180 e. The van der Waals surface area contributed by atoms with Crippen LogP contribution in [0.15, 0.2) is 72.9 Å². The van der Waals surface area contributed by atoms with Gasteiger partial charge in [-0.15, -0.1) is 0 Å². The Morgan fingerprint density at radius 2 is 1.88 bits per heavy atom. The van der Waals surface area contributed by atoms with Crippen molar-refractivity contribution in [2.45, 2.75) is 33.2 Å². The summed E-state index contributed by atoms with van der Waals surface area (Å²) < 4.78 is 11.3. The number of rotatable bonds is 5. The molecule has 0 atom stereocenters. The predicted molar refractivity (Wildman–Crippen MR) is 134 cm³/mol. The van der Waals surface area contributed by atoms with Crippen molar-refractivity contribution in [3.8, 4) is 11.5 Å². The fourth-order valence-electron chi connectivity index (χ4n) is 5.20. The second-order valence-corrected chi connectivity index (χ2v) is 9.61. The van der Waals surface area contributed by atoms with Crippen molar-refractivity contribution >= 4 is 27.8 Å². The molecule has 0 fully saturated rings. The molecule has 0 bridgehead atoms. The molecule has 0 aromatic heterocycles. The maximum atomic E-state index is 13.6. The van der Waals surface area contributed by atoms with E-state index in [1.807, 2.05) is 18.2 Å². The Morgan fingerprint density at radius 3 is 2.67 bits per heavy atom. The van der Waals surface area contributed by atoms with Gasteiger partial charge in [0.2, 0.25) is 0 Å². The molecule has 0 spiro atoms. The largest absolute Gasteiger partial charge is 0.493 e. The lowest BCUT2D eigenvalue weighted by Gasteiger charge is -2.41. The van der Waals surface area contributed by atoms with Gasteiger partial charge in [-0.05, 0) is 51.4 Å². The summed E-state index contributed by atoms with van der Waals surface area (Å²) in [5.74, 6) is 1.50. The fourth-order valence-corrected chi connectivity index (χ4v) is 5.20. The zero-order chi connectivity index (χ0) is 23.2. The third-order valence-electron chi connectivity index (χ3n) is 6.58. The fraction of sp³-hybridized carbons (Fsp3) is 0.276. The highest BCUT2D eigenvalue weighted by Gasteiger charge is 2.40. The Labute approximate surface area is 195 Å². The van der Waals surface area contributed by atoms with E-state index in [0.29, 0.717) is 31.1 Å². The molecular formula is C29H29NO3. The molecular weight excluding hydrogens is 410 g/mol. The lowest BCUT2D eigenvalue weighted by Crippen LogP contribution is -2.38. The van der Waals surface area contributed by atoms with E-state index >= 15 is 0 Å². The van der Waals surface area contributed by atoms with Gasteiger partial charge in [0.05, 0.1) is 12.8 Å². The van der Waals surface area contributed by atoms with Crippen LogP contribution in [0.2, 0.25) is 0 Å². The third-order valence-corrected chi connectivity index (χ3v) is 6.58. The number of nitrogens with zero attached hydrogens (tertiary/aromatic N) is 1. The van der Waals surface area contributed by atoms with Crippen molar-refractivity contribution in [1.29, 1.82) is 0 Å². The Hall–Kier alpha value is -3.53. The summed E-state index contributed by atoms with van der Waals surface area (Å²) in [6.07, 6.45) is 3.11. The molecule has 2 aliphatic rings.